The minimum absolute atomic E-state index is 0.125. The van der Waals surface area contributed by atoms with Crippen LogP contribution in [0.15, 0.2) is 47.5 Å². The minimum Gasteiger partial charge on any atom is -0.497 e. The van der Waals surface area contributed by atoms with Crippen LogP contribution in [-0.2, 0) is 0 Å². The van der Waals surface area contributed by atoms with Crippen molar-refractivity contribution in [2.24, 2.45) is 0 Å². The number of H-pyrrole nitrogens is 1. The van der Waals surface area contributed by atoms with Crippen LogP contribution >= 0.6 is 0 Å². The van der Waals surface area contributed by atoms with Gasteiger partial charge >= 0.3 is 0 Å². The van der Waals surface area contributed by atoms with Crippen LogP contribution in [0.1, 0.15) is 0 Å². The summed E-state index contributed by atoms with van der Waals surface area (Å²) in [6, 6.07) is 9.03. The monoisotopic (exact) mass is 241 g/mol. The average Bonchev–Trinajstić information content (AvgIpc) is 2.84. The molecule has 0 radical (unpaired) electrons. The van der Waals surface area contributed by atoms with Gasteiger partial charge in [0.15, 0.2) is 5.65 Å². The summed E-state index contributed by atoms with van der Waals surface area (Å²) in [5.41, 5.74) is 2.36. The second-order valence-corrected chi connectivity index (χ2v) is 3.86. The summed E-state index contributed by atoms with van der Waals surface area (Å²) in [5.74, 6) is 0.795. The van der Waals surface area contributed by atoms with Gasteiger partial charge in [0.2, 0.25) is 0 Å². The average molecular weight is 241 g/mol. The van der Waals surface area contributed by atoms with Gasteiger partial charge in [-0.05, 0) is 17.7 Å². The molecule has 0 amide bonds. The summed E-state index contributed by atoms with van der Waals surface area (Å²) in [6.07, 6.45) is 3.28. The van der Waals surface area contributed by atoms with E-state index in [0.29, 0.717) is 5.65 Å². The van der Waals surface area contributed by atoms with E-state index in [2.05, 4.69) is 10.1 Å². The molecule has 5 heteroatoms. The van der Waals surface area contributed by atoms with Crippen LogP contribution in [0, 0.1) is 0 Å². The molecule has 0 saturated heterocycles. The number of nitrogens with one attached hydrogen (secondary N) is 1. The number of rotatable bonds is 2. The van der Waals surface area contributed by atoms with Crippen molar-refractivity contribution in [2.75, 3.05) is 7.11 Å². The van der Waals surface area contributed by atoms with Gasteiger partial charge in [0.05, 0.1) is 7.11 Å². The van der Waals surface area contributed by atoms with E-state index in [4.69, 9.17) is 4.74 Å². The zero-order valence-electron chi connectivity index (χ0n) is 9.75. The van der Waals surface area contributed by atoms with Crippen LogP contribution in [0.2, 0.25) is 0 Å². The van der Waals surface area contributed by atoms with E-state index >= 15 is 0 Å². The van der Waals surface area contributed by atoms with Crippen molar-refractivity contribution in [3.8, 4) is 16.9 Å². The van der Waals surface area contributed by atoms with Crippen LogP contribution in [0.25, 0.3) is 16.8 Å². The topological polar surface area (TPSA) is 59.4 Å². The molecule has 2 aromatic heterocycles. The molecule has 0 saturated carbocycles. The third kappa shape index (κ3) is 1.57. The summed E-state index contributed by atoms with van der Waals surface area (Å²) in [4.78, 5) is 15.8. The molecule has 1 N–H and O–H groups in total. The van der Waals surface area contributed by atoms with Crippen LogP contribution in [-0.4, -0.2) is 21.7 Å². The summed E-state index contributed by atoms with van der Waals surface area (Å²) in [7, 11) is 1.63. The SMILES string of the molecule is COc1ccc(-c2c[nH]n3c(=O)ccnc23)cc1. The van der Waals surface area contributed by atoms with Crippen LogP contribution in [0.3, 0.4) is 0 Å². The van der Waals surface area contributed by atoms with Crippen LogP contribution in [0.5, 0.6) is 5.75 Å². The number of methoxy groups -OCH3 is 1. The standard InChI is InChI=1S/C13H11N3O2/c1-18-10-4-2-9(3-5-10)11-8-15-16-12(17)6-7-14-13(11)16/h2-8,15H,1H3. The van der Waals surface area contributed by atoms with Crippen LogP contribution in [0.4, 0.5) is 0 Å². The first-order chi connectivity index (χ1) is 8.79. The molecular weight excluding hydrogens is 230 g/mol. The highest BCUT2D eigenvalue weighted by atomic mass is 16.5. The van der Waals surface area contributed by atoms with Crippen molar-refractivity contribution < 1.29 is 4.74 Å². The maximum absolute atomic E-state index is 11.6. The van der Waals surface area contributed by atoms with Crippen molar-refractivity contribution in [3.63, 3.8) is 0 Å². The molecule has 0 fully saturated rings. The summed E-state index contributed by atoms with van der Waals surface area (Å²) in [5, 5.41) is 2.89. The van der Waals surface area contributed by atoms with Gasteiger partial charge in [-0.15, -0.1) is 0 Å². The smallest absolute Gasteiger partial charge is 0.272 e. The van der Waals surface area contributed by atoms with E-state index in [1.54, 1.807) is 13.3 Å². The van der Waals surface area contributed by atoms with Crippen molar-refractivity contribution in [1.82, 2.24) is 14.6 Å². The lowest BCUT2D eigenvalue weighted by molar-refractivity contribution is 0.415. The number of nitrogens with zero attached hydrogens (tertiary/aromatic N) is 2. The zero-order valence-corrected chi connectivity index (χ0v) is 9.75. The Morgan fingerprint density at radius 2 is 2.00 bits per heavy atom. The predicted molar refractivity (Wildman–Crippen MR) is 67.8 cm³/mol. The lowest BCUT2D eigenvalue weighted by Crippen LogP contribution is -2.12. The number of benzene rings is 1. The molecule has 1 aromatic carbocycles. The highest BCUT2D eigenvalue weighted by Crippen LogP contribution is 2.24. The fourth-order valence-corrected chi connectivity index (χ4v) is 1.90. The zero-order chi connectivity index (χ0) is 12.5. The Hall–Kier alpha value is -2.56. The second kappa shape index (κ2) is 4.03. The molecular formula is C13H11N3O2. The fraction of sp³-hybridized carbons (Fsp3) is 0.0769. The van der Waals surface area contributed by atoms with Gasteiger partial charge in [-0.1, -0.05) is 12.1 Å². The highest BCUT2D eigenvalue weighted by Gasteiger charge is 2.08. The lowest BCUT2D eigenvalue weighted by Gasteiger charge is -2.01. The normalized spacial score (nSPS) is 10.7. The quantitative estimate of drug-likeness (QED) is 0.742. The van der Waals surface area contributed by atoms with E-state index in [9.17, 15) is 4.79 Å². The molecule has 3 rings (SSSR count). The van der Waals surface area contributed by atoms with Crippen molar-refractivity contribution in [3.05, 3.63) is 53.1 Å². The van der Waals surface area contributed by atoms with Crippen molar-refractivity contribution >= 4 is 5.65 Å². The fourth-order valence-electron chi connectivity index (χ4n) is 1.90. The number of hydrogen-bond acceptors (Lipinski definition) is 3. The van der Waals surface area contributed by atoms with Gasteiger partial charge in [-0.3, -0.25) is 9.89 Å². The van der Waals surface area contributed by atoms with Gasteiger partial charge < -0.3 is 4.74 Å². The maximum atomic E-state index is 11.6. The molecule has 0 aliphatic rings. The van der Waals surface area contributed by atoms with E-state index in [0.717, 1.165) is 16.9 Å². The molecule has 18 heavy (non-hydrogen) atoms. The number of ether oxygens (including phenoxy) is 1. The molecule has 0 atom stereocenters. The van der Waals surface area contributed by atoms with Gasteiger partial charge in [0, 0.05) is 24.0 Å². The molecule has 2 heterocycles. The number of aromatic amines is 1. The van der Waals surface area contributed by atoms with Gasteiger partial charge in [0.25, 0.3) is 5.56 Å². The van der Waals surface area contributed by atoms with E-state index in [-0.39, 0.29) is 5.56 Å². The van der Waals surface area contributed by atoms with Gasteiger partial charge in [0.1, 0.15) is 5.75 Å². The summed E-state index contributed by atoms with van der Waals surface area (Å²) >= 11 is 0. The summed E-state index contributed by atoms with van der Waals surface area (Å²) < 4.78 is 6.53. The molecule has 3 aromatic rings. The number of aromatic nitrogens is 3. The Labute approximate surface area is 103 Å². The van der Waals surface area contributed by atoms with E-state index in [1.807, 2.05) is 24.3 Å². The Morgan fingerprint density at radius 1 is 1.22 bits per heavy atom. The second-order valence-electron chi connectivity index (χ2n) is 3.86. The number of hydrogen-bond donors (Lipinski definition) is 1. The molecule has 0 aliphatic carbocycles. The maximum Gasteiger partial charge on any atom is 0.272 e. The summed E-state index contributed by atoms with van der Waals surface area (Å²) in [6.45, 7) is 0. The minimum atomic E-state index is -0.125. The lowest BCUT2D eigenvalue weighted by atomic mass is 10.1. The van der Waals surface area contributed by atoms with Gasteiger partial charge in [-0.2, -0.15) is 0 Å². The largest absolute Gasteiger partial charge is 0.497 e. The highest BCUT2D eigenvalue weighted by molar-refractivity contribution is 5.76. The van der Waals surface area contributed by atoms with Crippen molar-refractivity contribution in [1.29, 1.82) is 0 Å². The molecule has 90 valence electrons. The molecule has 0 bridgehead atoms. The molecule has 0 aliphatic heterocycles. The first-order valence-corrected chi connectivity index (χ1v) is 5.49. The van der Waals surface area contributed by atoms with E-state index in [1.165, 1.54) is 16.8 Å². The van der Waals surface area contributed by atoms with Gasteiger partial charge in [-0.25, -0.2) is 9.50 Å². The first-order valence-electron chi connectivity index (χ1n) is 5.49. The first kappa shape index (κ1) is 10.6. The Bertz CT molecular complexity index is 741. The van der Waals surface area contributed by atoms with E-state index < -0.39 is 0 Å². The number of fused-ring (bicyclic) bond motifs is 1. The third-order valence-electron chi connectivity index (χ3n) is 2.83. The molecule has 0 spiro atoms. The Balaban J connectivity index is 2.19. The third-order valence-corrected chi connectivity index (χ3v) is 2.83. The Kier molecular flexibility index (Phi) is 2.37. The molecule has 0 unspecified atom stereocenters. The van der Waals surface area contributed by atoms with Crippen molar-refractivity contribution in [2.45, 2.75) is 0 Å². The van der Waals surface area contributed by atoms with Crippen LogP contribution < -0.4 is 10.3 Å². The Morgan fingerprint density at radius 3 is 2.72 bits per heavy atom. The predicted octanol–water partition coefficient (Wildman–Crippen LogP) is 1.70. The molecule has 5 nitrogen and oxygen atoms in total.